The quantitative estimate of drug-likeness (QED) is 0.932. The van der Waals surface area contributed by atoms with Gasteiger partial charge >= 0.3 is 0 Å². The first-order valence-corrected chi connectivity index (χ1v) is 6.02. The molecule has 1 aromatic heterocycles. The maximum atomic E-state index is 4.23. The third kappa shape index (κ3) is 3.10. The molecule has 0 spiro atoms. The highest BCUT2D eigenvalue weighted by Gasteiger charge is 1.95. The lowest BCUT2D eigenvalue weighted by Crippen LogP contribution is -2.10. The van der Waals surface area contributed by atoms with Gasteiger partial charge in [0.15, 0.2) is 0 Å². The van der Waals surface area contributed by atoms with Crippen molar-refractivity contribution in [3.8, 4) is 0 Å². The Hall–Kier alpha value is -1.29. The molecule has 0 bridgehead atoms. The summed E-state index contributed by atoms with van der Waals surface area (Å²) in [5.41, 5.74) is 2.32. The molecule has 0 unspecified atom stereocenters. The number of halogens is 1. The summed E-state index contributed by atoms with van der Waals surface area (Å²) in [5, 5.41) is 7.58. The van der Waals surface area contributed by atoms with E-state index in [4.69, 9.17) is 0 Å². The van der Waals surface area contributed by atoms with Crippen LogP contribution in [0.5, 0.6) is 0 Å². The normalized spacial score (nSPS) is 10.4. The van der Waals surface area contributed by atoms with Crippen LogP contribution in [0, 0.1) is 6.92 Å². The Morgan fingerprint density at radius 1 is 1.44 bits per heavy atom. The molecule has 1 N–H and O–H groups in total. The monoisotopic (exact) mass is 279 g/mol. The molecule has 84 valence electrons. The van der Waals surface area contributed by atoms with E-state index in [1.165, 1.54) is 5.56 Å². The number of benzene rings is 1. The number of rotatable bonds is 4. The van der Waals surface area contributed by atoms with Crippen LogP contribution in [0.4, 0.5) is 5.69 Å². The Kier molecular flexibility index (Phi) is 3.62. The van der Waals surface area contributed by atoms with Crippen molar-refractivity contribution in [1.82, 2.24) is 9.78 Å². The summed E-state index contributed by atoms with van der Waals surface area (Å²) in [4.78, 5) is 0. The molecular formula is C12H14BrN3. The predicted octanol–water partition coefficient (Wildman–Crippen LogP) is 3.07. The number of hydrogen-bond acceptors (Lipinski definition) is 2. The zero-order valence-electron chi connectivity index (χ0n) is 9.15. The maximum Gasteiger partial charge on any atom is 0.0582 e. The van der Waals surface area contributed by atoms with E-state index >= 15 is 0 Å². The van der Waals surface area contributed by atoms with Crippen molar-refractivity contribution in [2.45, 2.75) is 13.5 Å². The number of hydrogen-bond donors (Lipinski definition) is 1. The van der Waals surface area contributed by atoms with Crippen LogP contribution >= 0.6 is 15.9 Å². The zero-order valence-corrected chi connectivity index (χ0v) is 10.7. The highest BCUT2D eigenvalue weighted by molar-refractivity contribution is 9.10. The highest BCUT2D eigenvalue weighted by Crippen LogP contribution is 2.15. The van der Waals surface area contributed by atoms with Gasteiger partial charge < -0.3 is 5.32 Å². The zero-order chi connectivity index (χ0) is 11.4. The maximum absolute atomic E-state index is 4.23. The van der Waals surface area contributed by atoms with Crippen molar-refractivity contribution in [2.75, 3.05) is 11.9 Å². The fourth-order valence-corrected chi connectivity index (χ4v) is 1.90. The Morgan fingerprint density at radius 2 is 2.31 bits per heavy atom. The smallest absolute Gasteiger partial charge is 0.0582 e. The van der Waals surface area contributed by atoms with Gasteiger partial charge in [-0.3, -0.25) is 4.68 Å². The number of nitrogens with zero attached hydrogens (tertiary/aromatic N) is 2. The summed E-state index contributed by atoms with van der Waals surface area (Å²) in [6.45, 7) is 3.79. The molecule has 0 saturated heterocycles. The van der Waals surface area contributed by atoms with Crippen LogP contribution in [0.15, 0.2) is 41.1 Å². The Bertz CT molecular complexity index is 465. The first-order valence-electron chi connectivity index (χ1n) is 5.22. The minimum absolute atomic E-state index is 0.873. The van der Waals surface area contributed by atoms with Crippen LogP contribution in [-0.4, -0.2) is 16.3 Å². The second-order valence-electron chi connectivity index (χ2n) is 3.72. The molecular weight excluding hydrogens is 266 g/mol. The average Bonchev–Trinajstić information content (AvgIpc) is 2.64. The van der Waals surface area contributed by atoms with Gasteiger partial charge in [-0.05, 0) is 30.7 Å². The van der Waals surface area contributed by atoms with Gasteiger partial charge in [0.05, 0.1) is 12.7 Å². The SMILES string of the molecule is Cc1cnn(CCNc2cccc(Br)c2)c1. The predicted molar refractivity (Wildman–Crippen MR) is 69.6 cm³/mol. The first kappa shape index (κ1) is 11.2. The summed E-state index contributed by atoms with van der Waals surface area (Å²) in [6.07, 6.45) is 3.92. The van der Waals surface area contributed by atoms with E-state index in [0.717, 1.165) is 23.2 Å². The minimum Gasteiger partial charge on any atom is -0.383 e. The lowest BCUT2D eigenvalue weighted by molar-refractivity contribution is 0.637. The van der Waals surface area contributed by atoms with Gasteiger partial charge in [-0.25, -0.2) is 0 Å². The van der Waals surface area contributed by atoms with E-state index in [1.54, 1.807) is 0 Å². The molecule has 0 aliphatic heterocycles. The average molecular weight is 280 g/mol. The van der Waals surface area contributed by atoms with Gasteiger partial charge in [-0.15, -0.1) is 0 Å². The molecule has 0 aliphatic carbocycles. The summed E-state index contributed by atoms with van der Waals surface area (Å²) < 4.78 is 3.03. The van der Waals surface area contributed by atoms with E-state index in [9.17, 15) is 0 Å². The summed E-state index contributed by atoms with van der Waals surface area (Å²) in [5.74, 6) is 0. The fourth-order valence-electron chi connectivity index (χ4n) is 1.50. The number of anilines is 1. The van der Waals surface area contributed by atoms with Crippen LogP contribution in [0.25, 0.3) is 0 Å². The van der Waals surface area contributed by atoms with Gasteiger partial charge in [-0.1, -0.05) is 22.0 Å². The summed E-state index contributed by atoms with van der Waals surface area (Å²) >= 11 is 3.44. The fraction of sp³-hybridized carbons (Fsp3) is 0.250. The summed E-state index contributed by atoms with van der Waals surface area (Å²) in [6, 6.07) is 8.15. The van der Waals surface area contributed by atoms with Crippen molar-refractivity contribution in [1.29, 1.82) is 0 Å². The van der Waals surface area contributed by atoms with E-state index in [0.29, 0.717) is 0 Å². The molecule has 1 heterocycles. The molecule has 3 nitrogen and oxygen atoms in total. The third-order valence-corrected chi connectivity index (χ3v) is 2.75. The molecule has 1 aromatic carbocycles. The van der Waals surface area contributed by atoms with Gasteiger partial charge in [0.1, 0.15) is 0 Å². The van der Waals surface area contributed by atoms with E-state index in [1.807, 2.05) is 36.1 Å². The second kappa shape index (κ2) is 5.16. The largest absolute Gasteiger partial charge is 0.383 e. The van der Waals surface area contributed by atoms with Crippen LogP contribution in [-0.2, 0) is 6.54 Å². The van der Waals surface area contributed by atoms with E-state index in [2.05, 4.69) is 38.5 Å². The Morgan fingerprint density at radius 3 is 3.00 bits per heavy atom. The lowest BCUT2D eigenvalue weighted by atomic mass is 10.3. The standard InChI is InChI=1S/C12H14BrN3/c1-10-8-15-16(9-10)6-5-14-12-4-2-3-11(13)7-12/h2-4,7-9,14H,5-6H2,1H3. The van der Waals surface area contributed by atoms with Crippen molar-refractivity contribution in [3.05, 3.63) is 46.7 Å². The van der Waals surface area contributed by atoms with Gasteiger partial charge in [0.25, 0.3) is 0 Å². The van der Waals surface area contributed by atoms with E-state index < -0.39 is 0 Å². The van der Waals surface area contributed by atoms with E-state index in [-0.39, 0.29) is 0 Å². The molecule has 0 amide bonds. The molecule has 0 atom stereocenters. The van der Waals surface area contributed by atoms with Crippen LogP contribution in [0.3, 0.4) is 0 Å². The Labute approximate surface area is 104 Å². The van der Waals surface area contributed by atoms with Crippen molar-refractivity contribution in [3.63, 3.8) is 0 Å². The molecule has 0 radical (unpaired) electrons. The molecule has 16 heavy (non-hydrogen) atoms. The number of aromatic nitrogens is 2. The molecule has 4 heteroatoms. The molecule has 0 saturated carbocycles. The number of nitrogens with one attached hydrogen (secondary N) is 1. The Balaban J connectivity index is 1.84. The summed E-state index contributed by atoms with van der Waals surface area (Å²) in [7, 11) is 0. The highest BCUT2D eigenvalue weighted by atomic mass is 79.9. The molecule has 2 aromatic rings. The van der Waals surface area contributed by atoms with Gasteiger partial charge in [0.2, 0.25) is 0 Å². The lowest BCUT2D eigenvalue weighted by Gasteiger charge is -2.06. The first-order chi connectivity index (χ1) is 7.74. The van der Waals surface area contributed by atoms with Crippen molar-refractivity contribution >= 4 is 21.6 Å². The topological polar surface area (TPSA) is 29.9 Å². The van der Waals surface area contributed by atoms with Crippen LogP contribution in [0.1, 0.15) is 5.56 Å². The molecule has 0 aliphatic rings. The second-order valence-corrected chi connectivity index (χ2v) is 4.63. The van der Waals surface area contributed by atoms with Crippen molar-refractivity contribution in [2.24, 2.45) is 0 Å². The number of aryl methyl sites for hydroxylation is 1. The van der Waals surface area contributed by atoms with Gasteiger partial charge in [0, 0.05) is 22.9 Å². The molecule has 2 rings (SSSR count). The molecule has 0 fully saturated rings. The van der Waals surface area contributed by atoms with Gasteiger partial charge in [-0.2, -0.15) is 5.10 Å². The van der Waals surface area contributed by atoms with Crippen molar-refractivity contribution < 1.29 is 0 Å². The van der Waals surface area contributed by atoms with Crippen LogP contribution in [0.2, 0.25) is 0 Å². The third-order valence-electron chi connectivity index (χ3n) is 2.26. The minimum atomic E-state index is 0.873. The van der Waals surface area contributed by atoms with Crippen LogP contribution < -0.4 is 5.32 Å².